The topological polar surface area (TPSA) is 69.7 Å². The second-order valence-corrected chi connectivity index (χ2v) is 7.93. The maximum atomic E-state index is 12.7. The third kappa shape index (κ3) is 4.22. The van der Waals surface area contributed by atoms with E-state index in [4.69, 9.17) is 0 Å². The highest BCUT2D eigenvalue weighted by molar-refractivity contribution is 6.21. The zero-order chi connectivity index (χ0) is 20.4. The summed E-state index contributed by atoms with van der Waals surface area (Å²) in [5.41, 5.74) is 2.44. The van der Waals surface area contributed by atoms with Crippen LogP contribution in [0, 0.1) is 5.92 Å². The van der Waals surface area contributed by atoms with Gasteiger partial charge < -0.3 is 5.32 Å². The van der Waals surface area contributed by atoms with Crippen molar-refractivity contribution in [2.45, 2.75) is 25.8 Å². The van der Waals surface area contributed by atoms with E-state index in [1.165, 1.54) is 31.9 Å². The summed E-state index contributed by atoms with van der Waals surface area (Å²) >= 11 is 0. The van der Waals surface area contributed by atoms with Crippen molar-refractivity contribution in [3.05, 3.63) is 65.2 Å². The Bertz CT molecular complexity index is 938. The van der Waals surface area contributed by atoms with Crippen molar-refractivity contribution in [3.63, 3.8) is 0 Å². The van der Waals surface area contributed by atoms with Crippen LogP contribution in [0.1, 0.15) is 45.5 Å². The van der Waals surface area contributed by atoms with Gasteiger partial charge in [0.15, 0.2) is 0 Å². The molecule has 6 nitrogen and oxygen atoms in total. The smallest absolute Gasteiger partial charge is 0.261 e. The van der Waals surface area contributed by atoms with Crippen molar-refractivity contribution in [3.8, 4) is 0 Å². The fourth-order valence-electron chi connectivity index (χ4n) is 3.91. The Hall–Kier alpha value is -2.99. The average molecular weight is 391 g/mol. The lowest BCUT2D eigenvalue weighted by Crippen LogP contribution is -2.38. The number of nitrogens with one attached hydrogen (secondary N) is 1. The molecule has 2 aromatic rings. The zero-order valence-corrected chi connectivity index (χ0v) is 16.6. The standard InChI is InChI=1S/C23H25N3O3/c1-25-22(28)19-11-10-18(12-20(19)23(25)29)24-21(27)15-26(14-17-8-5-9-17)13-16-6-3-2-4-7-16/h2-4,6-7,10-12,17H,5,8-9,13-15H2,1H3,(H,24,27). The molecule has 1 saturated carbocycles. The van der Waals surface area contributed by atoms with Gasteiger partial charge in [0, 0.05) is 25.8 Å². The number of nitrogens with zero attached hydrogens (tertiary/aromatic N) is 2. The predicted octanol–water partition coefficient (Wildman–Crippen LogP) is 3.15. The van der Waals surface area contributed by atoms with E-state index >= 15 is 0 Å². The second-order valence-electron chi connectivity index (χ2n) is 7.93. The fourth-order valence-corrected chi connectivity index (χ4v) is 3.91. The molecule has 2 aliphatic rings. The molecule has 0 saturated heterocycles. The van der Waals surface area contributed by atoms with Gasteiger partial charge in [-0.2, -0.15) is 0 Å². The van der Waals surface area contributed by atoms with Gasteiger partial charge in [0.05, 0.1) is 17.7 Å². The van der Waals surface area contributed by atoms with Crippen molar-refractivity contribution in [1.82, 2.24) is 9.80 Å². The summed E-state index contributed by atoms with van der Waals surface area (Å²) in [5.74, 6) is -0.106. The molecule has 1 N–H and O–H groups in total. The lowest BCUT2D eigenvalue weighted by Gasteiger charge is -2.32. The molecule has 3 amide bonds. The number of anilines is 1. The van der Waals surface area contributed by atoms with E-state index in [1.807, 2.05) is 18.2 Å². The molecule has 1 aliphatic heterocycles. The number of amides is 3. The van der Waals surface area contributed by atoms with Gasteiger partial charge in [0.2, 0.25) is 5.91 Å². The van der Waals surface area contributed by atoms with Gasteiger partial charge >= 0.3 is 0 Å². The quantitative estimate of drug-likeness (QED) is 0.736. The number of rotatable bonds is 7. The molecule has 0 atom stereocenters. The largest absolute Gasteiger partial charge is 0.325 e. The van der Waals surface area contributed by atoms with Crippen LogP contribution in [-0.4, -0.2) is 47.7 Å². The van der Waals surface area contributed by atoms with Gasteiger partial charge in [-0.1, -0.05) is 36.8 Å². The number of benzene rings is 2. The van der Waals surface area contributed by atoms with Crippen LogP contribution in [-0.2, 0) is 11.3 Å². The van der Waals surface area contributed by atoms with Crippen molar-refractivity contribution < 1.29 is 14.4 Å². The minimum absolute atomic E-state index is 0.120. The van der Waals surface area contributed by atoms with Crippen LogP contribution < -0.4 is 5.32 Å². The molecule has 1 aliphatic carbocycles. The molecule has 29 heavy (non-hydrogen) atoms. The number of hydrogen-bond acceptors (Lipinski definition) is 4. The molecule has 0 bridgehead atoms. The molecule has 6 heteroatoms. The number of carbonyl (C=O) groups excluding carboxylic acids is 3. The van der Waals surface area contributed by atoms with Crippen molar-refractivity contribution in [2.75, 3.05) is 25.5 Å². The van der Waals surface area contributed by atoms with Gasteiger partial charge in [-0.05, 0) is 42.5 Å². The molecule has 1 fully saturated rings. The van der Waals surface area contributed by atoms with Gasteiger partial charge in [0.25, 0.3) is 11.8 Å². The van der Waals surface area contributed by atoms with E-state index in [-0.39, 0.29) is 24.3 Å². The Balaban J connectivity index is 1.42. The first kappa shape index (κ1) is 19.3. The maximum Gasteiger partial charge on any atom is 0.261 e. The Morgan fingerprint density at radius 1 is 1.07 bits per heavy atom. The summed E-state index contributed by atoms with van der Waals surface area (Å²) in [6.45, 7) is 1.92. The van der Waals surface area contributed by atoms with E-state index in [9.17, 15) is 14.4 Å². The Morgan fingerprint density at radius 3 is 2.48 bits per heavy atom. The maximum absolute atomic E-state index is 12.7. The van der Waals surface area contributed by atoms with Gasteiger partial charge in [0.1, 0.15) is 0 Å². The first-order valence-corrected chi connectivity index (χ1v) is 10.0. The van der Waals surface area contributed by atoms with Gasteiger partial charge in [-0.3, -0.25) is 24.2 Å². The van der Waals surface area contributed by atoms with Gasteiger partial charge in [-0.25, -0.2) is 0 Å². The molecule has 150 valence electrons. The van der Waals surface area contributed by atoms with Crippen LogP contribution in [0.25, 0.3) is 0 Å². The molecular formula is C23H25N3O3. The van der Waals surface area contributed by atoms with E-state index in [1.54, 1.807) is 18.2 Å². The van der Waals surface area contributed by atoms with Crippen LogP contribution in [0.15, 0.2) is 48.5 Å². The van der Waals surface area contributed by atoms with E-state index in [0.717, 1.165) is 18.0 Å². The predicted molar refractivity (Wildman–Crippen MR) is 111 cm³/mol. The summed E-state index contributed by atoms with van der Waals surface area (Å²) in [6, 6.07) is 15.0. The van der Waals surface area contributed by atoms with Gasteiger partial charge in [-0.15, -0.1) is 0 Å². The van der Waals surface area contributed by atoms with Crippen LogP contribution in [0.2, 0.25) is 0 Å². The lowest BCUT2D eigenvalue weighted by atomic mass is 9.85. The van der Waals surface area contributed by atoms with E-state index in [0.29, 0.717) is 22.7 Å². The lowest BCUT2D eigenvalue weighted by molar-refractivity contribution is -0.117. The van der Waals surface area contributed by atoms with Crippen molar-refractivity contribution in [2.24, 2.45) is 5.92 Å². The molecule has 0 aromatic heterocycles. The monoisotopic (exact) mass is 391 g/mol. The molecule has 1 heterocycles. The SMILES string of the molecule is CN1C(=O)c2ccc(NC(=O)CN(Cc3ccccc3)CC3CCC3)cc2C1=O. The Kier molecular flexibility index (Phi) is 5.45. The number of hydrogen-bond donors (Lipinski definition) is 1. The summed E-state index contributed by atoms with van der Waals surface area (Å²) in [5, 5.41) is 2.88. The highest BCUT2D eigenvalue weighted by Crippen LogP contribution is 2.28. The Morgan fingerprint density at radius 2 is 1.79 bits per heavy atom. The second kappa shape index (κ2) is 8.17. The molecule has 2 aromatic carbocycles. The summed E-state index contributed by atoms with van der Waals surface area (Å²) in [7, 11) is 1.46. The van der Waals surface area contributed by atoms with Crippen LogP contribution in [0.4, 0.5) is 5.69 Å². The van der Waals surface area contributed by atoms with E-state index < -0.39 is 0 Å². The fraction of sp³-hybridized carbons (Fsp3) is 0.348. The molecule has 0 radical (unpaired) electrons. The van der Waals surface area contributed by atoms with Crippen LogP contribution >= 0.6 is 0 Å². The number of fused-ring (bicyclic) bond motifs is 1. The summed E-state index contributed by atoms with van der Waals surface area (Å²) in [4.78, 5) is 40.2. The first-order chi connectivity index (χ1) is 14.0. The Labute approximate surface area is 170 Å². The summed E-state index contributed by atoms with van der Waals surface area (Å²) < 4.78 is 0. The number of carbonyl (C=O) groups is 3. The van der Waals surface area contributed by atoms with Crippen LogP contribution in [0.3, 0.4) is 0 Å². The first-order valence-electron chi connectivity index (χ1n) is 10.0. The van der Waals surface area contributed by atoms with Crippen molar-refractivity contribution >= 4 is 23.4 Å². The summed E-state index contributed by atoms with van der Waals surface area (Å²) in [6.07, 6.45) is 3.72. The molecular weight excluding hydrogens is 366 g/mol. The third-order valence-electron chi connectivity index (χ3n) is 5.73. The minimum Gasteiger partial charge on any atom is -0.325 e. The normalized spacial score (nSPS) is 16.1. The molecule has 4 rings (SSSR count). The highest BCUT2D eigenvalue weighted by Gasteiger charge is 2.32. The average Bonchev–Trinajstić information content (AvgIpc) is 2.89. The van der Waals surface area contributed by atoms with Crippen molar-refractivity contribution in [1.29, 1.82) is 0 Å². The highest BCUT2D eigenvalue weighted by atomic mass is 16.2. The van der Waals surface area contributed by atoms with Crippen LogP contribution in [0.5, 0.6) is 0 Å². The molecule has 0 spiro atoms. The van der Waals surface area contributed by atoms with E-state index in [2.05, 4.69) is 22.3 Å². The third-order valence-corrected chi connectivity index (χ3v) is 5.73. The number of imide groups is 1. The zero-order valence-electron chi connectivity index (χ0n) is 16.6. The minimum atomic E-state index is -0.336. The molecule has 0 unspecified atom stereocenters.